The Balaban J connectivity index is 2.36. The maximum Gasteiger partial charge on any atom is 0.331 e. The number of carboxylic acids is 1. The summed E-state index contributed by atoms with van der Waals surface area (Å²) in [5, 5.41) is 19.5. The van der Waals surface area contributed by atoms with Gasteiger partial charge in [0.25, 0.3) is 0 Å². The van der Waals surface area contributed by atoms with Gasteiger partial charge in [0.15, 0.2) is 0 Å². The van der Waals surface area contributed by atoms with Gasteiger partial charge >= 0.3 is 5.97 Å². The molecule has 0 aliphatic heterocycles. The fourth-order valence-corrected chi connectivity index (χ4v) is 1.23. The van der Waals surface area contributed by atoms with Gasteiger partial charge in [-0.3, -0.25) is 0 Å². The van der Waals surface area contributed by atoms with E-state index in [0.717, 1.165) is 5.82 Å². The predicted molar refractivity (Wildman–Crippen MR) is 58.7 cm³/mol. The summed E-state index contributed by atoms with van der Waals surface area (Å²) >= 11 is 0. The van der Waals surface area contributed by atoms with Crippen LogP contribution in [-0.4, -0.2) is 32.4 Å². The van der Waals surface area contributed by atoms with Crippen molar-refractivity contribution in [2.45, 2.75) is 19.9 Å². The maximum absolute atomic E-state index is 10.7. The van der Waals surface area contributed by atoms with Crippen molar-refractivity contribution >= 4 is 5.97 Å². The molecule has 0 fully saturated rings. The average Bonchev–Trinajstić information content (AvgIpc) is 2.64. The highest BCUT2D eigenvalue weighted by Crippen LogP contribution is 1.99. The van der Waals surface area contributed by atoms with E-state index in [1.54, 1.807) is 12.4 Å². The van der Waals surface area contributed by atoms with Crippen LogP contribution in [0.3, 0.4) is 0 Å². The van der Waals surface area contributed by atoms with Crippen molar-refractivity contribution in [3.05, 3.63) is 23.8 Å². The number of aliphatic carboxylic acids is 1. The Morgan fingerprint density at radius 1 is 1.69 bits per heavy atom. The molecule has 0 aromatic carbocycles. The summed E-state index contributed by atoms with van der Waals surface area (Å²) in [4.78, 5) is 10.7. The molecule has 6 heteroatoms. The third-order valence-corrected chi connectivity index (χ3v) is 2.24. The van der Waals surface area contributed by atoms with Crippen LogP contribution in [0.4, 0.5) is 0 Å². The van der Waals surface area contributed by atoms with Gasteiger partial charge in [0.05, 0.1) is 6.54 Å². The van der Waals surface area contributed by atoms with Crippen LogP contribution in [0.15, 0.2) is 18.0 Å². The third kappa shape index (κ3) is 3.47. The van der Waals surface area contributed by atoms with Crippen molar-refractivity contribution in [2.75, 3.05) is 6.54 Å². The molecule has 0 saturated heterocycles. The molecule has 2 N–H and O–H groups in total. The lowest BCUT2D eigenvalue weighted by Crippen LogP contribution is -2.17. The molecule has 0 aliphatic rings. The number of hydrogen-bond acceptors (Lipinski definition) is 4. The van der Waals surface area contributed by atoms with Crippen LogP contribution >= 0.6 is 0 Å². The second-order valence-electron chi connectivity index (χ2n) is 3.38. The van der Waals surface area contributed by atoms with Crippen LogP contribution in [0.2, 0.25) is 0 Å². The summed E-state index contributed by atoms with van der Waals surface area (Å²) in [6.07, 6.45) is 3.83. The van der Waals surface area contributed by atoms with Gasteiger partial charge in [-0.25, -0.2) is 4.79 Å². The molecule has 1 heterocycles. The molecule has 0 unspecified atom stereocenters. The maximum atomic E-state index is 10.7. The van der Waals surface area contributed by atoms with Crippen molar-refractivity contribution in [1.82, 2.24) is 20.1 Å². The fraction of sp³-hybridized carbons (Fsp3) is 0.500. The van der Waals surface area contributed by atoms with Gasteiger partial charge in [-0.1, -0.05) is 13.0 Å². The third-order valence-electron chi connectivity index (χ3n) is 2.24. The first-order valence-corrected chi connectivity index (χ1v) is 5.11. The first-order chi connectivity index (χ1) is 7.65. The zero-order chi connectivity index (χ0) is 12.0. The second kappa shape index (κ2) is 6.02. The van der Waals surface area contributed by atoms with Crippen LogP contribution in [0.1, 0.15) is 19.2 Å². The number of aromatic nitrogens is 3. The Bertz CT molecular complexity index is 384. The van der Waals surface area contributed by atoms with Crippen LogP contribution < -0.4 is 5.32 Å². The van der Waals surface area contributed by atoms with E-state index in [9.17, 15) is 4.79 Å². The molecule has 0 aliphatic carbocycles. The largest absolute Gasteiger partial charge is 0.478 e. The Hall–Kier alpha value is -1.69. The molecule has 1 aromatic rings. The van der Waals surface area contributed by atoms with Gasteiger partial charge in [-0.2, -0.15) is 0 Å². The van der Waals surface area contributed by atoms with Crippen LogP contribution in [0.25, 0.3) is 0 Å². The summed E-state index contributed by atoms with van der Waals surface area (Å²) in [7, 11) is 1.86. The first kappa shape index (κ1) is 12.4. The SMILES string of the molecule is CCC(=CCNCc1nncn1C)C(=O)O. The number of nitrogens with one attached hydrogen (secondary N) is 1. The molecule has 1 rings (SSSR count). The molecule has 88 valence electrons. The molecule has 0 spiro atoms. The first-order valence-electron chi connectivity index (χ1n) is 5.11. The topological polar surface area (TPSA) is 80.0 Å². The van der Waals surface area contributed by atoms with E-state index in [2.05, 4.69) is 15.5 Å². The van der Waals surface area contributed by atoms with Crippen LogP contribution in [-0.2, 0) is 18.4 Å². The van der Waals surface area contributed by atoms with E-state index in [0.29, 0.717) is 25.1 Å². The Kier molecular flexibility index (Phi) is 4.65. The van der Waals surface area contributed by atoms with Crippen molar-refractivity contribution in [1.29, 1.82) is 0 Å². The number of hydrogen-bond donors (Lipinski definition) is 2. The zero-order valence-electron chi connectivity index (χ0n) is 9.47. The van der Waals surface area contributed by atoms with Gasteiger partial charge in [0, 0.05) is 19.2 Å². The number of rotatable bonds is 6. The smallest absolute Gasteiger partial charge is 0.331 e. The van der Waals surface area contributed by atoms with Gasteiger partial charge < -0.3 is 15.0 Å². The molecule has 1 aromatic heterocycles. The highest BCUT2D eigenvalue weighted by molar-refractivity contribution is 5.86. The highest BCUT2D eigenvalue weighted by Gasteiger charge is 2.03. The van der Waals surface area contributed by atoms with Crippen molar-refractivity contribution in [3.8, 4) is 0 Å². The second-order valence-corrected chi connectivity index (χ2v) is 3.38. The Labute approximate surface area is 94.0 Å². The summed E-state index contributed by atoms with van der Waals surface area (Å²) < 4.78 is 1.81. The van der Waals surface area contributed by atoms with E-state index in [1.807, 2.05) is 18.5 Å². The summed E-state index contributed by atoms with van der Waals surface area (Å²) in [6.45, 7) is 2.91. The molecule has 0 saturated carbocycles. The molecule has 0 atom stereocenters. The minimum Gasteiger partial charge on any atom is -0.478 e. The van der Waals surface area contributed by atoms with Crippen molar-refractivity contribution in [3.63, 3.8) is 0 Å². The minimum absolute atomic E-state index is 0.422. The van der Waals surface area contributed by atoms with Gasteiger partial charge in [-0.05, 0) is 6.42 Å². The number of carbonyl (C=O) groups is 1. The lowest BCUT2D eigenvalue weighted by Gasteiger charge is -2.02. The highest BCUT2D eigenvalue weighted by atomic mass is 16.4. The van der Waals surface area contributed by atoms with Gasteiger partial charge in [0.2, 0.25) is 0 Å². The average molecular weight is 224 g/mol. The molecule has 6 nitrogen and oxygen atoms in total. The monoisotopic (exact) mass is 224 g/mol. The standard InChI is InChI=1S/C10H16N4O2/c1-3-8(10(15)16)4-5-11-6-9-13-12-7-14(9)2/h4,7,11H,3,5-6H2,1-2H3,(H,15,16). The van der Waals surface area contributed by atoms with Crippen LogP contribution in [0, 0.1) is 0 Å². The Morgan fingerprint density at radius 3 is 2.94 bits per heavy atom. The molecular weight excluding hydrogens is 208 g/mol. The number of aryl methyl sites for hydroxylation is 1. The van der Waals surface area contributed by atoms with Crippen LogP contribution in [0.5, 0.6) is 0 Å². The lowest BCUT2D eigenvalue weighted by molar-refractivity contribution is -0.132. The zero-order valence-corrected chi connectivity index (χ0v) is 9.47. The molecule has 16 heavy (non-hydrogen) atoms. The fourth-order valence-electron chi connectivity index (χ4n) is 1.23. The van der Waals surface area contributed by atoms with E-state index >= 15 is 0 Å². The summed E-state index contributed by atoms with van der Waals surface area (Å²) in [5.41, 5.74) is 0.422. The lowest BCUT2D eigenvalue weighted by atomic mass is 10.2. The van der Waals surface area contributed by atoms with E-state index in [4.69, 9.17) is 5.11 Å². The number of carboxylic acid groups (broad SMARTS) is 1. The predicted octanol–water partition coefficient (Wildman–Crippen LogP) is 0.326. The summed E-state index contributed by atoms with van der Waals surface area (Å²) in [5.74, 6) is -0.0373. The van der Waals surface area contributed by atoms with E-state index < -0.39 is 5.97 Å². The van der Waals surface area contributed by atoms with Gasteiger partial charge in [0.1, 0.15) is 12.2 Å². The van der Waals surface area contributed by atoms with E-state index in [-0.39, 0.29) is 0 Å². The molecule has 0 bridgehead atoms. The minimum atomic E-state index is -0.858. The molecule has 0 radical (unpaired) electrons. The normalized spacial score (nSPS) is 11.8. The molecule has 0 amide bonds. The Morgan fingerprint density at radius 2 is 2.44 bits per heavy atom. The van der Waals surface area contributed by atoms with Gasteiger partial charge in [-0.15, -0.1) is 10.2 Å². The van der Waals surface area contributed by atoms with E-state index in [1.165, 1.54) is 0 Å². The van der Waals surface area contributed by atoms with Crippen molar-refractivity contribution in [2.24, 2.45) is 7.05 Å². The molecular formula is C10H16N4O2. The van der Waals surface area contributed by atoms with Crippen molar-refractivity contribution < 1.29 is 9.90 Å². The quantitative estimate of drug-likeness (QED) is 0.537. The number of nitrogens with zero attached hydrogens (tertiary/aromatic N) is 3. The summed E-state index contributed by atoms with van der Waals surface area (Å²) in [6, 6.07) is 0.